The van der Waals surface area contributed by atoms with Gasteiger partial charge in [-0.1, -0.05) is 6.08 Å². The summed E-state index contributed by atoms with van der Waals surface area (Å²) >= 11 is 0. The molecule has 0 saturated heterocycles. The topological polar surface area (TPSA) is 50.4 Å². The average Bonchev–Trinajstić information content (AvgIpc) is 3.08. The lowest BCUT2D eigenvalue weighted by molar-refractivity contribution is 0.201. The number of hydrogen-bond donors (Lipinski definition) is 1. The highest BCUT2D eigenvalue weighted by molar-refractivity contribution is 5.81. The van der Waals surface area contributed by atoms with Crippen molar-refractivity contribution in [1.82, 2.24) is 15.1 Å². The summed E-state index contributed by atoms with van der Waals surface area (Å²) < 4.78 is 12.0. The molecule has 0 saturated carbocycles. The Morgan fingerprint density at radius 2 is 2.16 bits per heavy atom. The largest absolute Gasteiger partial charge is 0.490 e. The third kappa shape index (κ3) is 2.54. The summed E-state index contributed by atoms with van der Waals surface area (Å²) in [7, 11) is 0. The predicted molar refractivity (Wildman–Crippen MR) is 98.3 cm³/mol. The van der Waals surface area contributed by atoms with Gasteiger partial charge >= 0.3 is 0 Å². The number of nitrogens with zero attached hydrogens (tertiary/aromatic N) is 2. The first-order valence-electron chi connectivity index (χ1n) is 9.11. The van der Waals surface area contributed by atoms with E-state index in [9.17, 15) is 0 Å². The van der Waals surface area contributed by atoms with Gasteiger partial charge in [0.2, 0.25) is 0 Å². The number of benzene rings is 1. The van der Waals surface area contributed by atoms with Crippen LogP contribution < -0.4 is 9.47 Å². The number of hydrogen-bond acceptors (Lipinski definition) is 4. The van der Waals surface area contributed by atoms with Crippen LogP contribution in [-0.4, -0.2) is 41.4 Å². The summed E-state index contributed by atoms with van der Waals surface area (Å²) in [6.45, 7) is 11.1. The standard InChI is InChI=1S/C20H25N3O2/c1-4-8-23-9-7-13-11-16(24-5-2)20(25-6-3)18-17(13)15(23)10-14-12-21-22-19(14)18/h4,11-12,15H,1,5-10H2,2-3H3,(H,21,22). The predicted octanol–water partition coefficient (Wildman–Crippen LogP) is 3.52. The molecule has 0 amide bonds. The first-order chi connectivity index (χ1) is 12.3. The number of H-pyrrole nitrogens is 1. The number of aromatic nitrogens is 2. The highest BCUT2D eigenvalue weighted by Gasteiger charge is 2.38. The van der Waals surface area contributed by atoms with Crippen molar-refractivity contribution in [3.63, 3.8) is 0 Å². The van der Waals surface area contributed by atoms with E-state index in [0.717, 1.165) is 48.7 Å². The molecule has 1 unspecified atom stereocenters. The van der Waals surface area contributed by atoms with Crippen molar-refractivity contribution in [2.75, 3.05) is 26.3 Å². The second-order valence-electron chi connectivity index (χ2n) is 6.54. The molecule has 0 radical (unpaired) electrons. The van der Waals surface area contributed by atoms with Gasteiger partial charge in [0.1, 0.15) is 0 Å². The monoisotopic (exact) mass is 339 g/mol. The fraction of sp³-hybridized carbons (Fsp3) is 0.450. The van der Waals surface area contributed by atoms with E-state index < -0.39 is 0 Å². The molecule has 132 valence electrons. The van der Waals surface area contributed by atoms with E-state index >= 15 is 0 Å². The Hall–Kier alpha value is -2.27. The highest BCUT2D eigenvalue weighted by atomic mass is 16.5. The van der Waals surface area contributed by atoms with Gasteiger partial charge in [-0.25, -0.2) is 0 Å². The highest BCUT2D eigenvalue weighted by Crippen LogP contribution is 2.51. The molecule has 1 aliphatic heterocycles. The Morgan fingerprint density at radius 3 is 2.92 bits per heavy atom. The van der Waals surface area contributed by atoms with Crippen molar-refractivity contribution in [1.29, 1.82) is 0 Å². The fourth-order valence-electron chi connectivity index (χ4n) is 4.20. The second kappa shape index (κ2) is 6.56. The van der Waals surface area contributed by atoms with Gasteiger partial charge in [-0.05, 0) is 49.4 Å². The number of rotatable bonds is 6. The molecule has 4 rings (SSSR count). The van der Waals surface area contributed by atoms with Crippen LogP contribution in [0, 0.1) is 0 Å². The molecule has 1 atom stereocenters. The number of aromatic amines is 1. The van der Waals surface area contributed by atoms with E-state index in [1.165, 1.54) is 16.7 Å². The molecular weight excluding hydrogens is 314 g/mol. The lowest BCUT2D eigenvalue weighted by atomic mass is 9.79. The SMILES string of the molecule is C=CCN1CCc2cc(OCC)c(OCC)c3c2C1Cc1cn[nH]c1-3. The van der Waals surface area contributed by atoms with E-state index in [1.54, 1.807) is 0 Å². The zero-order chi connectivity index (χ0) is 17.4. The quantitative estimate of drug-likeness (QED) is 0.818. The van der Waals surface area contributed by atoms with Gasteiger partial charge in [0, 0.05) is 19.1 Å². The number of ether oxygens (including phenoxy) is 2. The normalized spacial score (nSPS) is 18.4. The Kier molecular flexibility index (Phi) is 4.25. The first-order valence-corrected chi connectivity index (χ1v) is 9.11. The number of nitrogens with one attached hydrogen (secondary N) is 1. The van der Waals surface area contributed by atoms with Crippen molar-refractivity contribution in [2.45, 2.75) is 32.7 Å². The maximum atomic E-state index is 6.07. The second-order valence-corrected chi connectivity index (χ2v) is 6.54. The van der Waals surface area contributed by atoms with Crippen molar-refractivity contribution in [3.05, 3.63) is 41.6 Å². The van der Waals surface area contributed by atoms with Gasteiger partial charge in [0.05, 0.1) is 30.7 Å². The number of fused-ring (bicyclic) bond motifs is 2. The molecule has 25 heavy (non-hydrogen) atoms. The van der Waals surface area contributed by atoms with E-state index in [4.69, 9.17) is 9.47 Å². The molecule has 1 aliphatic carbocycles. The Bertz CT molecular complexity index is 796. The maximum Gasteiger partial charge on any atom is 0.170 e. The summed E-state index contributed by atoms with van der Waals surface area (Å²) in [5.41, 5.74) is 6.21. The molecule has 1 aromatic carbocycles. The fourth-order valence-corrected chi connectivity index (χ4v) is 4.20. The van der Waals surface area contributed by atoms with Crippen LogP contribution in [0.1, 0.15) is 36.6 Å². The summed E-state index contributed by atoms with van der Waals surface area (Å²) in [4.78, 5) is 2.50. The molecule has 2 aliphatic rings. The van der Waals surface area contributed by atoms with Gasteiger partial charge in [-0.3, -0.25) is 10.00 Å². The average molecular weight is 339 g/mol. The van der Waals surface area contributed by atoms with E-state index in [-0.39, 0.29) is 0 Å². The van der Waals surface area contributed by atoms with E-state index in [2.05, 4.69) is 27.7 Å². The minimum Gasteiger partial charge on any atom is -0.490 e. The van der Waals surface area contributed by atoms with Crippen LogP contribution >= 0.6 is 0 Å². The summed E-state index contributed by atoms with van der Waals surface area (Å²) in [6.07, 6.45) is 5.93. The van der Waals surface area contributed by atoms with Crippen molar-refractivity contribution >= 4 is 0 Å². The van der Waals surface area contributed by atoms with E-state index in [1.807, 2.05) is 26.1 Å². The van der Waals surface area contributed by atoms with Crippen molar-refractivity contribution in [2.24, 2.45) is 0 Å². The zero-order valence-electron chi connectivity index (χ0n) is 15.0. The lowest BCUT2D eigenvalue weighted by Crippen LogP contribution is -2.38. The lowest BCUT2D eigenvalue weighted by Gasteiger charge is -2.41. The molecule has 5 nitrogen and oxygen atoms in total. The van der Waals surface area contributed by atoms with Gasteiger partial charge in [0.25, 0.3) is 0 Å². The van der Waals surface area contributed by atoms with Crippen LogP contribution in [0.2, 0.25) is 0 Å². The molecule has 0 spiro atoms. The minimum absolute atomic E-state index is 0.344. The third-order valence-corrected chi connectivity index (χ3v) is 5.15. The van der Waals surface area contributed by atoms with Crippen LogP contribution in [0.15, 0.2) is 24.9 Å². The third-order valence-electron chi connectivity index (χ3n) is 5.15. The zero-order valence-corrected chi connectivity index (χ0v) is 15.0. The van der Waals surface area contributed by atoms with Gasteiger partial charge in [-0.15, -0.1) is 6.58 Å². The van der Waals surface area contributed by atoms with Crippen LogP contribution in [0.25, 0.3) is 11.3 Å². The summed E-state index contributed by atoms with van der Waals surface area (Å²) in [5, 5.41) is 7.51. The molecule has 1 aromatic heterocycles. The van der Waals surface area contributed by atoms with Crippen LogP contribution in [0.3, 0.4) is 0 Å². The van der Waals surface area contributed by atoms with Gasteiger partial charge in [0.15, 0.2) is 11.5 Å². The van der Waals surface area contributed by atoms with Crippen molar-refractivity contribution < 1.29 is 9.47 Å². The molecular formula is C20H25N3O2. The first kappa shape index (κ1) is 16.2. The Labute approximate surface area is 148 Å². The molecule has 2 aromatic rings. The Balaban J connectivity index is 1.96. The van der Waals surface area contributed by atoms with Gasteiger partial charge < -0.3 is 9.47 Å². The minimum atomic E-state index is 0.344. The molecule has 0 fully saturated rings. The van der Waals surface area contributed by atoms with Crippen LogP contribution in [0.5, 0.6) is 11.5 Å². The smallest absolute Gasteiger partial charge is 0.170 e. The Morgan fingerprint density at radius 1 is 1.32 bits per heavy atom. The molecule has 1 N–H and O–H groups in total. The molecule has 0 bridgehead atoms. The van der Waals surface area contributed by atoms with Gasteiger partial charge in [-0.2, -0.15) is 5.10 Å². The molecule has 5 heteroatoms. The van der Waals surface area contributed by atoms with Crippen LogP contribution in [-0.2, 0) is 12.8 Å². The maximum absolute atomic E-state index is 6.07. The van der Waals surface area contributed by atoms with Crippen molar-refractivity contribution in [3.8, 4) is 22.8 Å². The summed E-state index contributed by atoms with van der Waals surface area (Å²) in [5.74, 6) is 1.69. The molecule has 2 heterocycles. The van der Waals surface area contributed by atoms with Crippen LogP contribution in [0.4, 0.5) is 0 Å². The summed E-state index contributed by atoms with van der Waals surface area (Å²) in [6, 6.07) is 2.53. The van der Waals surface area contributed by atoms with E-state index in [0.29, 0.717) is 19.3 Å².